The van der Waals surface area contributed by atoms with Crippen molar-refractivity contribution in [3.63, 3.8) is 0 Å². The van der Waals surface area contributed by atoms with Crippen molar-refractivity contribution < 1.29 is 9.84 Å². The maximum Gasteiger partial charge on any atom is 0.185 e. The van der Waals surface area contributed by atoms with Gasteiger partial charge in [0.1, 0.15) is 11.9 Å². The fourth-order valence-corrected chi connectivity index (χ4v) is 4.82. The van der Waals surface area contributed by atoms with Gasteiger partial charge in [0.05, 0.1) is 6.54 Å². The highest BCUT2D eigenvalue weighted by molar-refractivity contribution is 5.41. The van der Waals surface area contributed by atoms with Gasteiger partial charge in [-0.05, 0) is 101 Å². The first-order chi connectivity index (χ1) is 15.9. The number of aromatic hydroxyl groups is 1. The summed E-state index contributed by atoms with van der Waals surface area (Å²) in [7, 11) is 0. The van der Waals surface area contributed by atoms with Crippen LogP contribution in [0.15, 0.2) is 36.7 Å². The van der Waals surface area contributed by atoms with Crippen molar-refractivity contribution >= 4 is 5.82 Å². The van der Waals surface area contributed by atoms with Crippen LogP contribution >= 0.6 is 0 Å². The Hall–Kier alpha value is -2.47. The predicted molar refractivity (Wildman–Crippen MR) is 136 cm³/mol. The molecule has 6 heteroatoms. The van der Waals surface area contributed by atoms with E-state index in [9.17, 15) is 5.11 Å². The number of phenols is 1. The first-order valence-electron chi connectivity index (χ1n) is 12.6. The van der Waals surface area contributed by atoms with E-state index in [2.05, 4.69) is 35.7 Å². The molecule has 182 valence electrons. The summed E-state index contributed by atoms with van der Waals surface area (Å²) < 4.78 is 8.08. The van der Waals surface area contributed by atoms with Gasteiger partial charge in [0.2, 0.25) is 0 Å². The highest BCUT2D eigenvalue weighted by Crippen LogP contribution is 2.28. The lowest BCUT2D eigenvalue weighted by Gasteiger charge is -2.33. The minimum atomic E-state index is 0.227. The minimum absolute atomic E-state index is 0.227. The highest BCUT2D eigenvalue weighted by Gasteiger charge is 2.24. The van der Waals surface area contributed by atoms with Gasteiger partial charge >= 0.3 is 0 Å². The van der Waals surface area contributed by atoms with Gasteiger partial charge in [-0.15, -0.1) is 0 Å². The van der Waals surface area contributed by atoms with E-state index < -0.39 is 0 Å². The summed E-state index contributed by atoms with van der Waals surface area (Å²) in [5, 5.41) is 17.7. The van der Waals surface area contributed by atoms with Gasteiger partial charge in [-0.3, -0.25) is 4.68 Å². The Morgan fingerprint density at radius 3 is 2.52 bits per heavy atom. The topological polar surface area (TPSA) is 62.6 Å². The van der Waals surface area contributed by atoms with Crippen molar-refractivity contribution in [2.75, 3.05) is 25.0 Å². The molecule has 0 unspecified atom stereocenters. The molecule has 0 bridgehead atoms. The Morgan fingerprint density at radius 2 is 1.85 bits per heavy atom. The molecule has 0 radical (unpaired) electrons. The van der Waals surface area contributed by atoms with Gasteiger partial charge in [0, 0.05) is 18.3 Å². The molecule has 0 aliphatic heterocycles. The molecule has 1 aliphatic rings. The summed E-state index contributed by atoms with van der Waals surface area (Å²) in [4.78, 5) is 2.63. The minimum Gasteiger partial charge on any atom is -0.508 e. The summed E-state index contributed by atoms with van der Waals surface area (Å²) >= 11 is 0. The van der Waals surface area contributed by atoms with E-state index in [1.807, 2.05) is 30.7 Å². The molecule has 1 fully saturated rings. The third kappa shape index (κ3) is 7.53. The molecule has 1 aromatic carbocycles. The van der Waals surface area contributed by atoms with Crippen molar-refractivity contribution in [3.8, 4) is 5.75 Å². The molecule has 2 N–H and O–H groups in total. The number of rotatable bonds is 12. The van der Waals surface area contributed by atoms with Crippen LogP contribution in [0.4, 0.5) is 5.82 Å². The van der Waals surface area contributed by atoms with Crippen LogP contribution in [-0.2, 0) is 11.3 Å². The molecule has 0 atom stereocenters. The first kappa shape index (κ1) is 25.2. The van der Waals surface area contributed by atoms with Gasteiger partial charge in [0.25, 0.3) is 0 Å². The summed E-state index contributed by atoms with van der Waals surface area (Å²) in [6.07, 6.45) is 7.30. The van der Waals surface area contributed by atoms with E-state index in [1.54, 1.807) is 12.1 Å². The fraction of sp³-hybridized carbons (Fsp3) is 0.593. The lowest BCUT2D eigenvalue weighted by atomic mass is 9.87. The van der Waals surface area contributed by atoms with Crippen LogP contribution < -0.4 is 5.32 Å². The standard InChI is InChI=1S/C27H42N4O2/c1-6-14-30(15-7-2)18-23-9-12-26(13-10-23)33-22(5)28-27-16-21(4)31(29-27)19-24-17-25(32)11-8-20(24)3/h8,11,16-17,23,26,32H,5-7,9-10,12-15,18-19H2,1-4H3,(H,28,29). The summed E-state index contributed by atoms with van der Waals surface area (Å²) in [6, 6.07) is 7.44. The van der Waals surface area contributed by atoms with Crippen LogP contribution in [0.2, 0.25) is 0 Å². The molecule has 3 rings (SSSR count). The Balaban J connectivity index is 1.47. The maximum absolute atomic E-state index is 9.80. The van der Waals surface area contributed by atoms with Crippen molar-refractivity contribution in [2.24, 2.45) is 5.92 Å². The highest BCUT2D eigenvalue weighted by atomic mass is 16.5. The second-order valence-electron chi connectivity index (χ2n) is 9.55. The number of benzene rings is 1. The first-order valence-corrected chi connectivity index (χ1v) is 12.6. The number of aryl methyl sites for hydroxylation is 2. The van der Waals surface area contributed by atoms with Crippen LogP contribution in [-0.4, -0.2) is 45.5 Å². The zero-order valence-corrected chi connectivity index (χ0v) is 20.9. The molecule has 33 heavy (non-hydrogen) atoms. The lowest BCUT2D eigenvalue weighted by Crippen LogP contribution is -2.34. The average Bonchev–Trinajstić information content (AvgIpc) is 3.11. The number of aromatic nitrogens is 2. The Labute approximate surface area is 199 Å². The number of anilines is 1. The number of hydrogen-bond acceptors (Lipinski definition) is 5. The SMILES string of the molecule is C=C(Nc1cc(C)n(Cc2cc(O)ccc2C)n1)OC1CCC(CN(CCC)CCC)CC1. The van der Waals surface area contributed by atoms with E-state index in [1.165, 1.54) is 45.3 Å². The van der Waals surface area contributed by atoms with Crippen molar-refractivity contribution in [2.45, 2.75) is 78.9 Å². The van der Waals surface area contributed by atoms with Crippen molar-refractivity contribution in [3.05, 3.63) is 53.5 Å². The van der Waals surface area contributed by atoms with Crippen LogP contribution in [0, 0.1) is 19.8 Å². The zero-order chi connectivity index (χ0) is 23.8. The van der Waals surface area contributed by atoms with Crippen molar-refractivity contribution in [1.82, 2.24) is 14.7 Å². The van der Waals surface area contributed by atoms with Gasteiger partial charge in [-0.1, -0.05) is 19.9 Å². The average molecular weight is 455 g/mol. The number of nitrogens with zero attached hydrogens (tertiary/aromatic N) is 3. The molecule has 1 aromatic heterocycles. The molecular weight excluding hydrogens is 412 g/mol. The van der Waals surface area contributed by atoms with Crippen LogP contribution in [0.25, 0.3) is 0 Å². The second-order valence-corrected chi connectivity index (χ2v) is 9.55. The number of hydrogen-bond donors (Lipinski definition) is 2. The summed E-state index contributed by atoms with van der Waals surface area (Å²) in [5.41, 5.74) is 3.22. The maximum atomic E-state index is 9.80. The molecule has 2 aromatic rings. The van der Waals surface area contributed by atoms with Crippen LogP contribution in [0.1, 0.15) is 69.2 Å². The van der Waals surface area contributed by atoms with Gasteiger partial charge < -0.3 is 20.1 Å². The van der Waals surface area contributed by atoms with E-state index >= 15 is 0 Å². The number of ether oxygens (including phenoxy) is 1. The van der Waals surface area contributed by atoms with Gasteiger partial charge in [-0.2, -0.15) is 5.10 Å². The van der Waals surface area contributed by atoms with E-state index in [4.69, 9.17) is 4.74 Å². The molecule has 0 amide bonds. The van der Waals surface area contributed by atoms with E-state index in [0.29, 0.717) is 12.4 Å². The van der Waals surface area contributed by atoms with E-state index in [-0.39, 0.29) is 11.9 Å². The van der Waals surface area contributed by atoms with E-state index in [0.717, 1.165) is 41.4 Å². The normalized spacial score (nSPS) is 18.5. The Bertz CT molecular complexity index is 894. The van der Waals surface area contributed by atoms with Gasteiger partial charge in [-0.25, -0.2) is 0 Å². The molecule has 1 aliphatic carbocycles. The zero-order valence-electron chi connectivity index (χ0n) is 20.9. The van der Waals surface area contributed by atoms with Crippen LogP contribution in [0.5, 0.6) is 5.75 Å². The molecule has 1 heterocycles. The third-order valence-corrected chi connectivity index (χ3v) is 6.60. The van der Waals surface area contributed by atoms with Crippen LogP contribution in [0.3, 0.4) is 0 Å². The Morgan fingerprint density at radius 1 is 1.15 bits per heavy atom. The number of nitrogens with one attached hydrogen (secondary N) is 1. The molecule has 1 saturated carbocycles. The summed E-state index contributed by atoms with van der Waals surface area (Å²) in [5.74, 6) is 2.36. The Kier molecular flexibility index (Phi) is 9.24. The molecule has 0 saturated heterocycles. The second kappa shape index (κ2) is 12.1. The lowest BCUT2D eigenvalue weighted by molar-refractivity contribution is 0.0623. The monoisotopic (exact) mass is 454 g/mol. The quantitative estimate of drug-likeness (QED) is 0.395. The fourth-order valence-electron chi connectivity index (χ4n) is 4.82. The van der Waals surface area contributed by atoms with Crippen molar-refractivity contribution in [1.29, 1.82) is 0 Å². The van der Waals surface area contributed by atoms with Gasteiger partial charge in [0.15, 0.2) is 11.7 Å². The largest absolute Gasteiger partial charge is 0.508 e. The third-order valence-electron chi connectivity index (χ3n) is 6.60. The predicted octanol–water partition coefficient (Wildman–Crippen LogP) is 5.83. The molecular formula is C27H42N4O2. The number of phenolic OH excluding ortho intramolecular Hbond substituents is 1. The molecule has 6 nitrogen and oxygen atoms in total. The summed E-state index contributed by atoms with van der Waals surface area (Å²) in [6.45, 7) is 16.9. The molecule has 0 spiro atoms. The smallest absolute Gasteiger partial charge is 0.185 e.